The number of hydrogen-bond acceptors (Lipinski definition) is 2. The van der Waals surface area contributed by atoms with Gasteiger partial charge < -0.3 is 4.74 Å². The average molecular weight is 166 g/mol. The Morgan fingerprint density at radius 1 is 1.17 bits per heavy atom. The highest BCUT2D eigenvalue weighted by Crippen LogP contribution is 2.54. The van der Waals surface area contributed by atoms with E-state index in [-0.39, 0.29) is 5.97 Å². The monoisotopic (exact) mass is 166 g/mol. The summed E-state index contributed by atoms with van der Waals surface area (Å²) in [5, 5.41) is 0. The maximum absolute atomic E-state index is 11.4. The SMILES string of the molecule is O=C1OCCC2C3CCC(C3)C12. The second-order valence-corrected chi connectivity index (χ2v) is 4.48. The fourth-order valence-electron chi connectivity index (χ4n) is 3.58. The summed E-state index contributed by atoms with van der Waals surface area (Å²) >= 11 is 0. The summed E-state index contributed by atoms with van der Waals surface area (Å²) in [6.45, 7) is 0.684. The van der Waals surface area contributed by atoms with Crippen LogP contribution < -0.4 is 0 Å². The van der Waals surface area contributed by atoms with Crippen molar-refractivity contribution in [2.75, 3.05) is 6.61 Å². The lowest BCUT2D eigenvalue weighted by Crippen LogP contribution is -2.36. The molecule has 12 heavy (non-hydrogen) atoms. The van der Waals surface area contributed by atoms with E-state index in [9.17, 15) is 4.79 Å². The zero-order valence-electron chi connectivity index (χ0n) is 7.16. The van der Waals surface area contributed by atoms with Crippen molar-refractivity contribution >= 4 is 5.97 Å². The van der Waals surface area contributed by atoms with Gasteiger partial charge in [0.05, 0.1) is 12.5 Å². The number of rotatable bonds is 0. The van der Waals surface area contributed by atoms with Crippen molar-refractivity contribution in [1.29, 1.82) is 0 Å². The number of hydrogen-bond donors (Lipinski definition) is 0. The van der Waals surface area contributed by atoms with E-state index in [0.29, 0.717) is 24.4 Å². The molecular formula is C10H14O2. The number of carbonyl (C=O) groups is 1. The molecule has 1 saturated heterocycles. The third-order valence-corrected chi connectivity index (χ3v) is 4.06. The number of esters is 1. The molecule has 0 amide bonds. The molecule has 0 aromatic heterocycles. The summed E-state index contributed by atoms with van der Waals surface area (Å²) in [5.74, 6) is 2.67. The smallest absolute Gasteiger partial charge is 0.309 e. The molecule has 2 saturated carbocycles. The van der Waals surface area contributed by atoms with E-state index in [1.54, 1.807) is 0 Å². The number of fused-ring (bicyclic) bond motifs is 5. The summed E-state index contributed by atoms with van der Waals surface area (Å²) in [7, 11) is 0. The summed E-state index contributed by atoms with van der Waals surface area (Å²) in [5.41, 5.74) is 0. The average Bonchev–Trinajstić information content (AvgIpc) is 2.64. The van der Waals surface area contributed by atoms with E-state index >= 15 is 0 Å². The zero-order chi connectivity index (χ0) is 8.13. The van der Waals surface area contributed by atoms with E-state index in [4.69, 9.17) is 4.74 Å². The lowest BCUT2D eigenvalue weighted by Gasteiger charge is -2.33. The largest absolute Gasteiger partial charge is 0.465 e. The van der Waals surface area contributed by atoms with Crippen molar-refractivity contribution in [2.24, 2.45) is 23.7 Å². The van der Waals surface area contributed by atoms with Crippen LogP contribution in [0.3, 0.4) is 0 Å². The molecule has 66 valence electrons. The molecule has 3 aliphatic rings. The maximum atomic E-state index is 11.4. The van der Waals surface area contributed by atoms with E-state index in [0.717, 1.165) is 12.3 Å². The highest BCUT2D eigenvalue weighted by atomic mass is 16.5. The highest BCUT2D eigenvalue weighted by Gasteiger charge is 2.52. The minimum absolute atomic E-state index is 0.110. The van der Waals surface area contributed by atoms with Crippen molar-refractivity contribution in [3.63, 3.8) is 0 Å². The van der Waals surface area contributed by atoms with Gasteiger partial charge in [0.1, 0.15) is 0 Å². The first kappa shape index (κ1) is 6.93. The van der Waals surface area contributed by atoms with Gasteiger partial charge in [-0.2, -0.15) is 0 Å². The van der Waals surface area contributed by atoms with Gasteiger partial charge in [0.15, 0.2) is 0 Å². The van der Waals surface area contributed by atoms with Crippen LogP contribution in [0.4, 0.5) is 0 Å². The summed E-state index contributed by atoms with van der Waals surface area (Å²) in [4.78, 5) is 11.4. The Morgan fingerprint density at radius 3 is 2.83 bits per heavy atom. The maximum Gasteiger partial charge on any atom is 0.309 e. The van der Waals surface area contributed by atoms with Gasteiger partial charge in [-0.25, -0.2) is 0 Å². The van der Waals surface area contributed by atoms with Gasteiger partial charge in [0.25, 0.3) is 0 Å². The van der Waals surface area contributed by atoms with Gasteiger partial charge in [0.2, 0.25) is 0 Å². The summed E-state index contributed by atoms with van der Waals surface area (Å²) < 4.78 is 5.11. The minimum atomic E-state index is 0.110. The summed E-state index contributed by atoms with van der Waals surface area (Å²) in [6, 6.07) is 0. The molecule has 0 N–H and O–H groups in total. The van der Waals surface area contributed by atoms with Crippen LogP contribution in [-0.4, -0.2) is 12.6 Å². The predicted octanol–water partition coefficient (Wildman–Crippen LogP) is 1.60. The Morgan fingerprint density at radius 2 is 2.00 bits per heavy atom. The molecule has 0 radical (unpaired) electrons. The van der Waals surface area contributed by atoms with Crippen LogP contribution >= 0.6 is 0 Å². The second-order valence-electron chi connectivity index (χ2n) is 4.48. The second kappa shape index (κ2) is 2.24. The van der Waals surface area contributed by atoms with Gasteiger partial charge in [-0.3, -0.25) is 4.79 Å². The number of carbonyl (C=O) groups excluding carboxylic acids is 1. The highest BCUT2D eigenvalue weighted by molar-refractivity contribution is 5.74. The first-order valence-electron chi connectivity index (χ1n) is 5.03. The Kier molecular flexibility index (Phi) is 1.29. The van der Waals surface area contributed by atoms with Crippen molar-refractivity contribution in [1.82, 2.24) is 0 Å². The van der Waals surface area contributed by atoms with Gasteiger partial charge in [-0.05, 0) is 43.4 Å². The minimum Gasteiger partial charge on any atom is -0.465 e. The Balaban J connectivity index is 1.91. The molecular weight excluding hydrogens is 152 g/mol. The zero-order valence-corrected chi connectivity index (χ0v) is 7.16. The van der Waals surface area contributed by atoms with Crippen LogP contribution in [0, 0.1) is 23.7 Å². The van der Waals surface area contributed by atoms with Crippen LogP contribution in [0.15, 0.2) is 0 Å². The molecule has 3 rings (SSSR count). The summed E-state index contributed by atoms with van der Waals surface area (Å²) in [6.07, 6.45) is 5.10. The van der Waals surface area contributed by atoms with Crippen LogP contribution in [-0.2, 0) is 9.53 Å². The van der Waals surface area contributed by atoms with E-state index in [1.807, 2.05) is 0 Å². The molecule has 4 atom stereocenters. The molecule has 1 heterocycles. The van der Waals surface area contributed by atoms with Gasteiger partial charge in [0, 0.05) is 0 Å². The van der Waals surface area contributed by atoms with E-state index < -0.39 is 0 Å². The number of cyclic esters (lactones) is 1. The van der Waals surface area contributed by atoms with Gasteiger partial charge in [-0.15, -0.1) is 0 Å². The Hall–Kier alpha value is -0.530. The molecule has 1 aliphatic heterocycles. The van der Waals surface area contributed by atoms with Crippen LogP contribution in [0.5, 0.6) is 0 Å². The van der Waals surface area contributed by atoms with E-state index in [1.165, 1.54) is 19.3 Å². The third-order valence-electron chi connectivity index (χ3n) is 4.06. The molecule has 0 aromatic rings. The normalized spacial score (nSPS) is 50.5. The van der Waals surface area contributed by atoms with Crippen LogP contribution in [0.25, 0.3) is 0 Å². The molecule has 2 aliphatic carbocycles. The van der Waals surface area contributed by atoms with Gasteiger partial charge in [-0.1, -0.05) is 0 Å². The molecule has 0 spiro atoms. The molecule has 2 heteroatoms. The lowest BCUT2D eigenvalue weighted by molar-refractivity contribution is -0.159. The van der Waals surface area contributed by atoms with Crippen molar-refractivity contribution in [3.05, 3.63) is 0 Å². The first-order chi connectivity index (χ1) is 5.86. The van der Waals surface area contributed by atoms with Crippen molar-refractivity contribution < 1.29 is 9.53 Å². The predicted molar refractivity (Wildman–Crippen MR) is 43.4 cm³/mol. The topological polar surface area (TPSA) is 26.3 Å². The van der Waals surface area contributed by atoms with Crippen LogP contribution in [0.2, 0.25) is 0 Å². The molecule has 0 aromatic carbocycles. The van der Waals surface area contributed by atoms with Crippen LogP contribution in [0.1, 0.15) is 25.7 Å². The molecule has 4 unspecified atom stereocenters. The fraction of sp³-hybridized carbons (Fsp3) is 0.900. The Labute approximate surface area is 72.3 Å². The molecule has 3 fully saturated rings. The first-order valence-corrected chi connectivity index (χ1v) is 5.03. The third kappa shape index (κ3) is 0.732. The van der Waals surface area contributed by atoms with Crippen molar-refractivity contribution in [2.45, 2.75) is 25.7 Å². The molecule has 2 bridgehead atoms. The standard InChI is InChI=1S/C10H14O2/c11-10-9-7-2-1-6(5-7)8(9)3-4-12-10/h6-9H,1-5H2. The van der Waals surface area contributed by atoms with Gasteiger partial charge >= 0.3 is 5.97 Å². The Bertz CT molecular complexity index is 224. The van der Waals surface area contributed by atoms with Crippen molar-refractivity contribution in [3.8, 4) is 0 Å². The fourth-order valence-corrected chi connectivity index (χ4v) is 3.58. The molecule has 2 nitrogen and oxygen atoms in total. The van der Waals surface area contributed by atoms with E-state index in [2.05, 4.69) is 0 Å². The number of ether oxygens (including phenoxy) is 1. The quantitative estimate of drug-likeness (QED) is 0.511. The lowest BCUT2D eigenvalue weighted by atomic mass is 9.76.